The molecule has 20 heavy (non-hydrogen) atoms. The van der Waals surface area contributed by atoms with Crippen molar-refractivity contribution < 1.29 is 17.6 Å². The van der Waals surface area contributed by atoms with Crippen molar-refractivity contribution in [3.63, 3.8) is 0 Å². The Balaban J connectivity index is 3.18. The molecule has 0 saturated heterocycles. The van der Waals surface area contributed by atoms with Gasteiger partial charge in [-0.25, -0.2) is 12.8 Å². The summed E-state index contributed by atoms with van der Waals surface area (Å²) in [5, 5.41) is 2.45. The van der Waals surface area contributed by atoms with E-state index in [2.05, 4.69) is 5.32 Å². The third kappa shape index (κ3) is 3.91. The zero-order valence-electron chi connectivity index (χ0n) is 11.2. The first kappa shape index (κ1) is 16.9. The molecule has 0 unspecified atom stereocenters. The number of hydrogen-bond acceptors (Lipinski definition) is 3. The summed E-state index contributed by atoms with van der Waals surface area (Å²) >= 11 is 5.60. The molecule has 1 aromatic rings. The standard InChI is InChI=1S/C12H16ClFN2O3S/c1-3-6-16(8-12(17)15-2)20(18,19)11-5-4-9(13)7-10(11)14/h4-5,7H,3,6,8H2,1-2H3,(H,15,17). The van der Waals surface area contributed by atoms with Gasteiger partial charge in [0.05, 0.1) is 6.54 Å². The molecule has 5 nitrogen and oxygen atoms in total. The molecular formula is C12H16ClFN2O3S. The van der Waals surface area contributed by atoms with Gasteiger partial charge in [-0.15, -0.1) is 0 Å². The first-order valence-electron chi connectivity index (χ1n) is 5.98. The van der Waals surface area contributed by atoms with E-state index in [1.165, 1.54) is 13.1 Å². The maximum atomic E-state index is 13.8. The zero-order chi connectivity index (χ0) is 15.3. The van der Waals surface area contributed by atoms with Crippen molar-refractivity contribution in [1.29, 1.82) is 0 Å². The Morgan fingerprint density at radius 2 is 2.10 bits per heavy atom. The van der Waals surface area contributed by atoms with Gasteiger partial charge < -0.3 is 5.32 Å². The summed E-state index contributed by atoms with van der Waals surface area (Å²) in [6.07, 6.45) is 0.505. The molecule has 1 N–H and O–H groups in total. The van der Waals surface area contributed by atoms with Gasteiger partial charge in [0.25, 0.3) is 0 Å². The Bertz CT molecular complexity index is 592. The maximum Gasteiger partial charge on any atom is 0.246 e. The van der Waals surface area contributed by atoms with Gasteiger partial charge in [-0.2, -0.15) is 4.31 Å². The molecule has 0 fully saturated rings. The molecule has 0 aliphatic carbocycles. The summed E-state index contributed by atoms with van der Waals surface area (Å²) in [4.78, 5) is 10.9. The number of benzene rings is 1. The number of halogens is 2. The molecular weight excluding hydrogens is 307 g/mol. The lowest BCUT2D eigenvalue weighted by molar-refractivity contribution is -0.120. The van der Waals surface area contributed by atoms with E-state index in [0.717, 1.165) is 16.4 Å². The molecule has 0 aliphatic heterocycles. The van der Waals surface area contributed by atoms with E-state index in [9.17, 15) is 17.6 Å². The van der Waals surface area contributed by atoms with Crippen molar-refractivity contribution in [1.82, 2.24) is 9.62 Å². The number of sulfonamides is 1. The van der Waals surface area contributed by atoms with Crippen LogP contribution < -0.4 is 5.32 Å². The first-order chi connectivity index (χ1) is 9.32. The lowest BCUT2D eigenvalue weighted by Crippen LogP contribution is -2.40. The minimum atomic E-state index is -4.08. The highest BCUT2D eigenvalue weighted by Crippen LogP contribution is 2.22. The minimum Gasteiger partial charge on any atom is -0.358 e. The molecule has 0 radical (unpaired) electrons. The van der Waals surface area contributed by atoms with Crippen LogP contribution in [0.3, 0.4) is 0 Å². The van der Waals surface area contributed by atoms with E-state index in [4.69, 9.17) is 11.6 Å². The predicted molar refractivity (Wildman–Crippen MR) is 74.5 cm³/mol. The lowest BCUT2D eigenvalue weighted by atomic mass is 10.3. The summed E-state index contributed by atoms with van der Waals surface area (Å²) in [6, 6.07) is 3.32. The second-order valence-electron chi connectivity index (χ2n) is 4.09. The van der Waals surface area contributed by atoms with Crippen LogP contribution in [0.25, 0.3) is 0 Å². The highest BCUT2D eigenvalue weighted by Gasteiger charge is 2.28. The summed E-state index contributed by atoms with van der Waals surface area (Å²) in [6.45, 7) is 1.54. The minimum absolute atomic E-state index is 0.106. The van der Waals surface area contributed by atoms with E-state index in [1.54, 1.807) is 6.92 Å². The van der Waals surface area contributed by atoms with Crippen molar-refractivity contribution in [3.05, 3.63) is 29.0 Å². The highest BCUT2D eigenvalue weighted by molar-refractivity contribution is 7.89. The molecule has 1 aromatic carbocycles. The molecule has 0 aromatic heterocycles. The number of carbonyl (C=O) groups excluding carboxylic acids is 1. The van der Waals surface area contributed by atoms with Gasteiger partial charge in [-0.05, 0) is 24.6 Å². The van der Waals surface area contributed by atoms with Gasteiger partial charge in [0.15, 0.2) is 0 Å². The Hall–Kier alpha value is -1.18. The number of hydrogen-bond donors (Lipinski definition) is 1. The molecule has 0 heterocycles. The molecule has 1 amide bonds. The first-order valence-corrected chi connectivity index (χ1v) is 7.80. The molecule has 0 saturated carbocycles. The van der Waals surface area contributed by atoms with E-state index in [1.807, 2.05) is 0 Å². The molecule has 1 rings (SSSR count). The average molecular weight is 323 g/mol. The Morgan fingerprint density at radius 3 is 2.60 bits per heavy atom. The molecule has 0 bridgehead atoms. The van der Waals surface area contributed by atoms with Crippen LogP contribution in [0.4, 0.5) is 4.39 Å². The van der Waals surface area contributed by atoms with Crippen LogP contribution in [0, 0.1) is 5.82 Å². The zero-order valence-corrected chi connectivity index (χ0v) is 12.8. The lowest BCUT2D eigenvalue weighted by Gasteiger charge is -2.21. The van der Waals surface area contributed by atoms with Crippen LogP contribution in [0.5, 0.6) is 0 Å². The second kappa shape index (κ2) is 7.01. The van der Waals surface area contributed by atoms with Crippen molar-refractivity contribution in [3.8, 4) is 0 Å². The predicted octanol–water partition coefficient (Wildman–Crippen LogP) is 1.63. The summed E-state index contributed by atoms with van der Waals surface area (Å²) in [5.41, 5.74) is 0. The SMILES string of the molecule is CCCN(CC(=O)NC)S(=O)(=O)c1ccc(Cl)cc1F. The van der Waals surface area contributed by atoms with Crippen LogP contribution in [0.15, 0.2) is 23.1 Å². The molecule has 112 valence electrons. The highest BCUT2D eigenvalue weighted by atomic mass is 35.5. The van der Waals surface area contributed by atoms with Gasteiger partial charge in [0.2, 0.25) is 15.9 Å². The fraction of sp³-hybridized carbons (Fsp3) is 0.417. The number of carbonyl (C=O) groups is 1. The van der Waals surface area contributed by atoms with Gasteiger partial charge in [0.1, 0.15) is 10.7 Å². The van der Waals surface area contributed by atoms with Crippen molar-refractivity contribution >= 4 is 27.5 Å². The fourth-order valence-corrected chi connectivity index (χ4v) is 3.29. The second-order valence-corrected chi connectivity index (χ2v) is 6.43. The largest absolute Gasteiger partial charge is 0.358 e. The van der Waals surface area contributed by atoms with Crippen LogP contribution in [-0.4, -0.2) is 38.8 Å². The van der Waals surface area contributed by atoms with Crippen molar-refractivity contribution in [2.45, 2.75) is 18.2 Å². The van der Waals surface area contributed by atoms with Crippen molar-refractivity contribution in [2.75, 3.05) is 20.1 Å². The molecule has 0 atom stereocenters. The quantitative estimate of drug-likeness (QED) is 0.865. The van der Waals surface area contributed by atoms with Gasteiger partial charge in [0, 0.05) is 18.6 Å². The Morgan fingerprint density at radius 1 is 1.45 bits per heavy atom. The number of nitrogens with zero attached hydrogens (tertiary/aromatic N) is 1. The van der Waals surface area contributed by atoms with E-state index < -0.39 is 26.6 Å². The smallest absolute Gasteiger partial charge is 0.246 e. The van der Waals surface area contributed by atoms with Gasteiger partial charge in [-0.1, -0.05) is 18.5 Å². The van der Waals surface area contributed by atoms with E-state index in [0.29, 0.717) is 6.42 Å². The van der Waals surface area contributed by atoms with Crippen LogP contribution in [0.2, 0.25) is 5.02 Å². The number of nitrogens with one attached hydrogen (secondary N) is 1. The third-order valence-corrected chi connectivity index (χ3v) is 4.70. The molecule has 8 heteroatoms. The Kier molecular flexibility index (Phi) is 5.91. The topological polar surface area (TPSA) is 66.5 Å². The molecule has 0 aliphatic rings. The summed E-state index contributed by atoms with van der Waals surface area (Å²) in [5.74, 6) is -1.40. The Labute approximate surface area is 122 Å². The van der Waals surface area contributed by atoms with Gasteiger partial charge in [-0.3, -0.25) is 4.79 Å². The fourth-order valence-electron chi connectivity index (χ4n) is 1.60. The monoisotopic (exact) mass is 322 g/mol. The van der Waals surface area contributed by atoms with Crippen LogP contribution in [-0.2, 0) is 14.8 Å². The van der Waals surface area contributed by atoms with Crippen LogP contribution >= 0.6 is 11.6 Å². The molecule has 0 spiro atoms. The van der Waals surface area contributed by atoms with E-state index >= 15 is 0 Å². The third-order valence-electron chi connectivity index (χ3n) is 2.58. The average Bonchev–Trinajstić information content (AvgIpc) is 2.37. The number of amides is 1. The van der Waals surface area contributed by atoms with Crippen LogP contribution in [0.1, 0.15) is 13.3 Å². The van der Waals surface area contributed by atoms with Gasteiger partial charge >= 0.3 is 0 Å². The number of rotatable bonds is 6. The maximum absolute atomic E-state index is 13.8. The number of likely N-dealkylation sites (N-methyl/N-ethyl adjacent to an activating group) is 1. The normalized spacial score (nSPS) is 11.7. The van der Waals surface area contributed by atoms with E-state index in [-0.39, 0.29) is 18.1 Å². The summed E-state index contributed by atoms with van der Waals surface area (Å²) in [7, 11) is -2.67. The van der Waals surface area contributed by atoms with Crippen molar-refractivity contribution in [2.24, 2.45) is 0 Å². The summed E-state index contributed by atoms with van der Waals surface area (Å²) < 4.78 is 39.5.